The Morgan fingerprint density at radius 3 is 2.52 bits per heavy atom. The number of anilines is 1. The number of rotatable bonds is 6. The number of hydrogen-bond acceptors (Lipinski definition) is 8. The van der Waals surface area contributed by atoms with Gasteiger partial charge < -0.3 is 29.7 Å². The average Bonchev–Trinajstić information content (AvgIpc) is 2.67. The molecule has 3 rings (SSSR count). The molecular formula is C20H24N2O7. The SMILES string of the molecule is COC(OC)[C@]1(C)Oc2ccc([N+](=O)[O-])cc2[C@H](Nc2ccc(C)cc2O)[C@H]1O. The number of hydrogen-bond donors (Lipinski definition) is 3. The van der Waals surface area contributed by atoms with Crippen molar-refractivity contribution in [2.75, 3.05) is 19.5 Å². The third-order valence-corrected chi connectivity index (χ3v) is 5.13. The molecule has 2 aromatic carbocycles. The van der Waals surface area contributed by atoms with E-state index in [9.17, 15) is 20.3 Å². The van der Waals surface area contributed by atoms with E-state index in [2.05, 4.69) is 5.32 Å². The van der Waals surface area contributed by atoms with Crippen LogP contribution >= 0.6 is 0 Å². The molecule has 9 heteroatoms. The van der Waals surface area contributed by atoms with Crippen LogP contribution in [0.5, 0.6) is 11.5 Å². The third-order valence-electron chi connectivity index (χ3n) is 5.13. The summed E-state index contributed by atoms with van der Waals surface area (Å²) in [4.78, 5) is 10.7. The van der Waals surface area contributed by atoms with Gasteiger partial charge in [0.2, 0.25) is 0 Å². The van der Waals surface area contributed by atoms with Gasteiger partial charge >= 0.3 is 0 Å². The van der Waals surface area contributed by atoms with Gasteiger partial charge in [0.15, 0.2) is 11.9 Å². The first-order valence-corrected chi connectivity index (χ1v) is 8.98. The van der Waals surface area contributed by atoms with E-state index in [1.807, 2.05) is 6.92 Å². The van der Waals surface area contributed by atoms with Gasteiger partial charge in [-0.2, -0.15) is 0 Å². The molecular weight excluding hydrogens is 380 g/mol. The number of nitrogens with one attached hydrogen (secondary N) is 1. The van der Waals surface area contributed by atoms with Gasteiger partial charge in [0, 0.05) is 31.9 Å². The summed E-state index contributed by atoms with van der Waals surface area (Å²) in [7, 11) is 2.85. The smallest absolute Gasteiger partial charge is 0.270 e. The summed E-state index contributed by atoms with van der Waals surface area (Å²) in [5.41, 5.74) is 0.145. The Kier molecular flexibility index (Phi) is 5.65. The average molecular weight is 404 g/mol. The number of phenolic OH excluding ortho intramolecular Hbond substituents is 1. The largest absolute Gasteiger partial charge is 0.506 e. The third kappa shape index (κ3) is 3.71. The Morgan fingerprint density at radius 2 is 1.93 bits per heavy atom. The standard InChI is InChI=1S/C20H24N2O7/c1-11-5-7-14(15(23)9-11)21-17-13-10-12(22(25)26)6-8-16(13)29-20(2,18(17)24)19(27-3)28-4/h5-10,17-19,21,23-24H,1-4H3/t17-,18+,20+/m0/s1. The van der Waals surface area contributed by atoms with E-state index in [4.69, 9.17) is 14.2 Å². The number of nitrogens with zero attached hydrogens (tertiary/aromatic N) is 1. The van der Waals surface area contributed by atoms with Crippen molar-refractivity contribution in [2.24, 2.45) is 0 Å². The monoisotopic (exact) mass is 404 g/mol. The van der Waals surface area contributed by atoms with Crippen molar-refractivity contribution in [3.05, 3.63) is 57.6 Å². The zero-order valence-electron chi connectivity index (χ0n) is 16.6. The number of aromatic hydroxyl groups is 1. The zero-order valence-corrected chi connectivity index (χ0v) is 16.6. The highest BCUT2D eigenvalue weighted by molar-refractivity contribution is 5.60. The number of nitro groups is 1. The summed E-state index contributed by atoms with van der Waals surface area (Å²) in [5.74, 6) is 0.332. The Labute approximate surface area is 168 Å². The Balaban J connectivity index is 2.12. The molecule has 9 nitrogen and oxygen atoms in total. The first kappa shape index (κ1) is 20.8. The number of aryl methyl sites for hydroxylation is 1. The molecule has 3 N–H and O–H groups in total. The maximum absolute atomic E-state index is 11.3. The minimum absolute atomic E-state index is 0.00703. The van der Waals surface area contributed by atoms with Gasteiger partial charge in [-0.25, -0.2) is 0 Å². The summed E-state index contributed by atoms with van der Waals surface area (Å²) < 4.78 is 16.7. The van der Waals surface area contributed by atoms with Crippen molar-refractivity contribution in [3.8, 4) is 11.5 Å². The van der Waals surface area contributed by atoms with E-state index < -0.39 is 29.0 Å². The quantitative estimate of drug-likeness (QED) is 0.291. The molecule has 1 aliphatic rings. The first-order chi connectivity index (χ1) is 13.7. The fourth-order valence-corrected chi connectivity index (χ4v) is 3.62. The van der Waals surface area contributed by atoms with Gasteiger partial charge in [0.25, 0.3) is 5.69 Å². The lowest BCUT2D eigenvalue weighted by atomic mass is 9.84. The number of ether oxygens (including phenoxy) is 3. The topological polar surface area (TPSA) is 123 Å². The van der Waals surface area contributed by atoms with E-state index >= 15 is 0 Å². The second kappa shape index (κ2) is 7.86. The highest BCUT2D eigenvalue weighted by atomic mass is 16.7. The maximum Gasteiger partial charge on any atom is 0.270 e. The van der Waals surface area contributed by atoms with Gasteiger partial charge in [0.05, 0.1) is 16.7 Å². The van der Waals surface area contributed by atoms with E-state index in [1.165, 1.54) is 32.4 Å². The molecule has 0 spiro atoms. The summed E-state index contributed by atoms with van der Waals surface area (Å²) in [5, 5.41) is 35.9. The number of aliphatic hydroxyl groups excluding tert-OH is 1. The second-order valence-electron chi connectivity index (χ2n) is 7.16. The second-order valence-corrected chi connectivity index (χ2v) is 7.16. The van der Waals surface area contributed by atoms with E-state index in [-0.39, 0.29) is 11.4 Å². The molecule has 0 fully saturated rings. The van der Waals surface area contributed by atoms with E-state index in [1.54, 1.807) is 25.1 Å². The van der Waals surface area contributed by atoms with Crippen LogP contribution in [0, 0.1) is 17.0 Å². The molecule has 1 aliphatic heterocycles. The van der Waals surface area contributed by atoms with Crippen molar-refractivity contribution in [1.29, 1.82) is 0 Å². The molecule has 0 amide bonds. The van der Waals surface area contributed by atoms with Gasteiger partial charge in [-0.05, 0) is 37.6 Å². The number of nitro benzene ring substituents is 1. The molecule has 29 heavy (non-hydrogen) atoms. The van der Waals surface area contributed by atoms with Crippen LogP contribution in [0.25, 0.3) is 0 Å². The number of fused-ring (bicyclic) bond motifs is 1. The van der Waals surface area contributed by atoms with Crippen LogP contribution in [0.15, 0.2) is 36.4 Å². The summed E-state index contributed by atoms with van der Waals surface area (Å²) in [6.07, 6.45) is -2.15. The van der Waals surface area contributed by atoms with Crippen LogP contribution < -0.4 is 10.1 Å². The molecule has 3 atom stereocenters. The summed E-state index contributed by atoms with van der Waals surface area (Å²) in [6.45, 7) is 3.47. The molecule has 0 saturated heterocycles. The Hall–Kier alpha value is -2.88. The van der Waals surface area contributed by atoms with Crippen LogP contribution in [0.2, 0.25) is 0 Å². The van der Waals surface area contributed by atoms with Gasteiger partial charge in [-0.15, -0.1) is 0 Å². The molecule has 0 bridgehead atoms. The number of benzene rings is 2. The van der Waals surface area contributed by atoms with E-state index in [0.29, 0.717) is 17.0 Å². The van der Waals surface area contributed by atoms with Crippen molar-refractivity contribution in [1.82, 2.24) is 0 Å². The van der Waals surface area contributed by atoms with Gasteiger partial charge in [-0.3, -0.25) is 10.1 Å². The zero-order chi connectivity index (χ0) is 21.3. The van der Waals surface area contributed by atoms with Crippen molar-refractivity contribution in [2.45, 2.75) is 37.9 Å². The molecule has 0 unspecified atom stereocenters. The molecule has 0 aliphatic carbocycles. The predicted octanol–water partition coefficient (Wildman–Crippen LogP) is 2.89. The highest BCUT2D eigenvalue weighted by Crippen LogP contribution is 2.45. The molecule has 2 aromatic rings. The van der Waals surface area contributed by atoms with Crippen LogP contribution in [0.4, 0.5) is 11.4 Å². The van der Waals surface area contributed by atoms with Crippen molar-refractivity contribution in [3.63, 3.8) is 0 Å². The predicted molar refractivity (Wildman–Crippen MR) is 105 cm³/mol. The highest BCUT2D eigenvalue weighted by Gasteiger charge is 2.52. The number of methoxy groups -OCH3 is 2. The first-order valence-electron chi connectivity index (χ1n) is 8.98. The fraction of sp³-hybridized carbons (Fsp3) is 0.400. The molecule has 0 radical (unpaired) electrons. The van der Waals surface area contributed by atoms with Crippen LogP contribution in [-0.2, 0) is 9.47 Å². The van der Waals surface area contributed by atoms with Crippen LogP contribution in [0.1, 0.15) is 24.1 Å². The minimum atomic E-state index is -1.33. The summed E-state index contributed by atoms with van der Waals surface area (Å²) >= 11 is 0. The molecule has 156 valence electrons. The number of phenols is 1. The number of aliphatic hydroxyl groups is 1. The van der Waals surface area contributed by atoms with Crippen molar-refractivity contribution < 1.29 is 29.3 Å². The lowest BCUT2D eigenvalue weighted by Gasteiger charge is -2.46. The number of non-ortho nitro benzene ring substituents is 1. The normalized spacial score (nSPS) is 23.4. The molecule has 0 saturated carbocycles. The minimum Gasteiger partial charge on any atom is -0.506 e. The van der Waals surface area contributed by atoms with Gasteiger partial charge in [-0.1, -0.05) is 6.07 Å². The van der Waals surface area contributed by atoms with Crippen molar-refractivity contribution >= 4 is 11.4 Å². The summed E-state index contributed by atoms with van der Waals surface area (Å²) in [6, 6.07) is 8.35. The lowest BCUT2D eigenvalue weighted by molar-refractivity contribution is -0.385. The fourth-order valence-electron chi connectivity index (χ4n) is 3.62. The lowest BCUT2D eigenvalue weighted by Crippen LogP contribution is -2.60. The Bertz CT molecular complexity index is 916. The van der Waals surface area contributed by atoms with Gasteiger partial charge in [0.1, 0.15) is 17.6 Å². The molecule has 1 heterocycles. The van der Waals surface area contributed by atoms with Crippen LogP contribution in [0.3, 0.4) is 0 Å². The Morgan fingerprint density at radius 1 is 1.24 bits per heavy atom. The maximum atomic E-state index is 11.3. The molecule has 0 aromatic heterocycles. The van der Waals surface area contributed by atoms with Crippen LogP contribution in [-0.4, -0.2) is 47.4 Å². The van der Waals surface area contributed by atoms with E-state index in [0.717, 1.165) is 5.56 Å².